The smallest absolute Gasteiger partial charge is 0.247 e. The molecule has 1 fully saturated rings. The van der Waals surface area contributed by atoms with E-state index < -0.39 is 0 Å². The van der Waals surface area contributed by atoms with E-state index >= 15 is 0 Å². The lowest BCUT2D eigenvalue weighted by molar-refractivity contribution is 0.254. The summed E-state index contributed by atoms with van der Waals surface area (Å²) in [6.07, 6.45) is 5.40. The average molecular weight is 286 g/mol. The SMILES string of the molecule is CN(CCNc1nnnn1-c1ccccc1)C1CCCC1. The van der Waals surface area contributed by atoms with Crippen molar-refractivity contribution in [3.63, 3.8) is 0 Å². The number of nitrogens with one attached hydrogen (secondary N) is 1. The zero-order valence-electron chi connectivity index (χ0n) is 12.4. The fraction of sp³-hybridized carbons (Fsp3) is 0.533. The minimum Gasteiger partial charge on any atom is -0.351 e. The number of anilines is 1. The molecular weight excluding hydrogens is 264 g/mol. The van der Waals surface area contributed by atoms with E-state index in [1.54, 1.807) is 4.68 Å². The quantitative estimate of drug-likeness (QED) is 0.879. The molecule has 1 aromatic heterocycles. The van der Waals surface area contributed by atoms with E-state index in [2.05, 4.69) is 32.8 Å². The number of aromatic nitrogens is 4. The summed E-state index contributed by atoms with van der Waals surface area (Å²) in [5.74, 6) is 0.695. The number of nitrogens with zero attached hydrogens (tertiary/aromatic N) is 5. The van der Waals surface area contributed by atoms with Crippen molar-refractivity contribution in [2.75, 3.05) is 25.5 Å². The molecule has 0 bridgehead atoms. The molecule has 0 saturated heterocycles. The standard InChI is InChI=1S/C15H22N6/c1-20(13-7-5-6-8-13)12-11-16-15-17-18-19-21(15)14-9-3-2-4-10-14/h2-4,9-10,13H,5-8,11-12H2,1H3,(H,16,17,19). The fourth-order valence-corrected chi connectivity index (χ4v) is 2.91. The summed E-state index contributed by atoms with van der Waals surface area (Å²) in [6, 6.07) is 10.7. The highest BCUT2D eigenvalue weighted by atomic mass is 15.6. The van der Waals surface area contributed by atoms with Crippen LogP contribution in [0.5, 0.6) is 0 Å². The number of tetrazole rings is 1. The molecule has 1 saturated carbocycles. The van der Waals surface area contributed by atoms with Crippen LogP contribution in [0.2, 0.25) is 0 Å². The molecule has 6 nitrogen and oxygen atoms in total. The highest BCUT2D eigenvalue weighted by molar-refractivity contribution is 5.38. The summed E-state index contributed by atoms with van der Waals surface area (Å²) in [5, 5.41) is 15.2. The van der Waals surface area contributed by atoms with Gasteiger partial charge in [0.15, 0.2) is 0 Å². The predicted octanol–water partition coefficient (Wildman–Crippen LogP) is 1.95. The first-order valence-electron chi connectivity index (χ1n) is 7.62. The molecule has 0 radical (unpaired) electrons. The molecule has 1 aliphatic rings. The van der Waals surface area contributed by atoms with Gasteiger partial charge in [0.25, 0.3) is 0 Å². The molecule has 0 amide bonds. The van der Waals surface area contributed by atoms with Gasteiger partial charge < -0.3 is 10.2 Å². The van der Waals surface area contributed by atoms with E-state index in [0.717, 1.165) is 24.8 Å². The van der Waals surface area contributed by atoms with Crippen molar-refractivity contribution >= 4 is 5.95 Å². The Balaban J connectivity index is 1.55. The van der Waals surface area contributed by atoms with E-state index in [9.17, 15) is 0 Å². The van der Waals surface area contributed by atoms with Crippen molar-refractivity contribution in [3.05, 3.63) is 30.3 Å². The number of hydrogen-bond donors (Lipinski definition) is 1. The normalized spacial score (nSPS) is 15.7. The first kappa shape index (κ1) is 14.0. The van der Waals surface area contributed by atoms with Gasteiger partial charge in [-0.2, -0.15) is 4.68 Å². The maximum Gasteiger partial charge on any atom is 0.247 e. The fourth-order valence-electron chi connectivity index (χ4n) is 2.91. The second-order valence-electron chi connectivity index (χ2n) is 5.60. The Kier molecular flexibility index (Phi) is 4.45. The zero-order chi connectivity index (χ0) is 14.5. The largest absolute Gasteiger partial charge is 0.351 e. The molecule has 0 spiro atoms. The van der Waals surface area contributed by atoms with Gasteiger partial charge in [0.1, 0.15) is 0 Å². The van der Waals surface area contributed by atoms with Crippen molar-refractivity contribution < 1.29 is 0 Å². The number of para-hydroxylation sites is 1. The van der Waals surface area contributed by atoms with Crippen LogP contribution in [-0.2, 0) is 0 Å². The van der Waals surface area contributed by atoms with Gasteiger partial charge in [-0.15, -0.1) is 0 Å². The third-order valence-corrected chi connectivity index (χ3v) is 4.17. The summed E-state index contributed by atoms with van der Waals surface area (Å²) < 4.78 is 1.73. The highest BCUT2D eigenvalue weighted by Crippen LogP contribution is 2.22. The Morgan fingerprint density at radius 3 is 2.76 bits per heavy atom. The van der Waals surface area contributed by atoms with Gasteiger partial charge in [-0.3, -0.25) is 0 Å². The molecular formula is C15H22N6. The van der Waals surface area contributed by atoms with Crippen molar-refractivity contribution in [3.8, 4) is 5.69 Å². The van der Waals surface area contributed by atoms with Crippen LogP contribution in [0.4, 0.5) is 5.95 Å². The predicted molar refractivity (Wildman–Crippen MR) is 82.5 cm³/mol. The van der Waals surface area contributed by atoms with Crippen LogP contribution in [0.15, 0.2) is 30.3 Å². The lowest BCUT2D eigenvalue weighted by Crippen LogP contribution is -2.33. The number of likely N-dealkylation sites (N-methyl/N-ethyl adjacent to an activating group) is 1. The molecule has 0 atom stereocenters. The molecule has 2 aromatic rings. The molecule has 1 heterocycles. The van der Waals surface area contributed by atoms with Gasteiger partial charge in [-0.1, -0.05) is 36.1 Å². The van der Waals surface area contributed by atoms with Gasteiger partial charge >= 0.3 is 0 Å². The summed E-state index contributed by atoms with van der Waals surface area (Å²) in [6.45, 7) is 1.85. The van der Waals surface area contributed by atoms with Crippen molar-refractivity contribution in [2.24, 2.45) is 0 Å². The first-order valence-corrected chi connectivity index (χ1v) is 7.62. The van der Waals surface area contributed by atoms with E-state index in [1.807, 2.05) is 30.3 Å². The topological polar surface area (TPSA) is 58.9 Å². The van der Waals surface area contributed by atoms with Crippen LogP contribution in [0.25, 0.3) is 5.69 Å². The molecule has 6 heteroatoms. The summed E-state index contributed by atoms with van der Waals surface area (Å²) in [4.78, 5) is 2.44. The summed E-state index contributed by atoms with van der Waals surface area (Å²) in [5.41, 5.74) is 0.967. The van der Waals surface area contributed by atoms with Gasteiger partial charge in [0.05, 0.1) is 5.69 Å². The van der Waals surface area contributed by atoms with E-state index in [4.69, 9.17) is 0 Å². The molecule has 21 heavy (non-hydrogen) atoms. The van der Waals surface area contributed by atoms with Crippen LogP contribution < -0.4 is 5.32 Å². The lowest BCUT2D eigenvalue weighted by atomic mass is 10.2. The second kappa shape index (κ2) is 6.67. The Labute approximate surface area is 125 Å². The zero-order valence-corrected chi connectivity index (χ0v) is 12.4. The van der Waals surface area contributed by atoms with E-state index in [-0.39, 0.29) is 0 Å². The number of benzene rings is 1. The second-order valence-corrected chi connectivity index (χ2v) is 5.60. The monoisotopic (exact) mass is 286 g/mol. The minimum absolute atomic E-state index is 0.695. The lowest BCUT2D eigenvalue weighted by Gasteiger charge is -2.23. The van der Waals surface area contributed by atoms with Crippen LogP contribution in [0.3, 0.4) is 0 Å². The van der Waals surface area contributed by atoms with E-state index in [1.165, 1.54) is 25.7 Å². The third kappa shape index (κ3) is 3.39. The van der Waals surface area contributed by atoms with Crippen LogP contribution in [-0.4, -0.2) is 51.3 Å². The molecule has 1 N–H and O–H groups in total. The van der Waals surface area contributed by atoms with Gasteiger partial charge in [-0.25, -0.2) is 0 Å². The highest BCUT2D eigenvalue weighted by Gasteiger charge is 2.19. The maximum atomic E-state index is 4.06. The molecule has 0 unspecified atom stereocenters. The Morgan fingerprint density at radius 2 is 2.00 bits per heavy atom. The number of rotatable bonds is 6. The summed E-state index contributed by atoms with van der Waals surface area (Å²) >= 11 is 0. The van der Waals surface area contributed by atoms with Gasteiger partial charge in [-0.05, 0) is 42.4 Å². The molecule has 1 aromatic carbocycles. The van der Waals surface area contributed by atoms with Crippen molar-refractivity contribution in [1.29, 1.82) is 0 Å². The van der Waals surface area contributed by atoms with Gasteiger partial charge in [0, 0.05) is 19.1 Å². The van der Waals surface area contributed by atoms with E-state index in [0.29, 0.717) is 5.95 Å². The molecule has 3 rings (SSSR count). The van der Waals surface area contributed by atoms with Crippen LogP contribution in [0, 0.1) is 0 Å². The Bertz CT molecular complexity index is 546. The van der Waals surface area contributed by atoms with Crippen molar-refractivity contribution in [1.82, 2.24) is 25.1 Å². The maximum absolute atomic E-state index is 4.06. The Morgan fingerprint density at radius 1 is 1.24 bits per heavy atom. The summed E-state index contributed by atoms with van der Waals surface area (Å²) in [7, 11) is 2.21. The Hall–Kier alpha value is -1.95. The molecule has 0 aliphatic heterocycles. The molecule has 112 valence electrons. The van der Waals surface area contributed by atoms with Crippen LogP contribution >= 0.6 is 0 Å². The number of hydrogen-bond acceptors (Lipinski definition) is 5. The minimum atomic E-state index is 0.695. The average Bonchev–Trinajstić information content (AvgIpc) is 3.20. The first-order chi connectivity index (χ1) is 10.3. The third-order valence-electron chi connectivity index (χ3n) is 4.17. The van der Waals surface area contributed by atoms with Crippen molar-refractivity contribution in [2.45, 2.75) is 31.7 Å². The van der Waals surface area contributed by atoms with Crippen LogP contribution in [0.1, 0.15) is 25.7 Å². The van der Waals surface area contributed by atoms with Gasteiger partial charge in [0.2, 0.25) is 5.95 Å². The molecule has 1 aliphatic carbocycles.